The highest BCUT2D eigenvalue weighted by Gasteiger charge is 2.39. The van der Waals surface area contributed by atoms with Crippen molar-refractivity contribution >= 4 is 28.4 Å². The molecule has 1 fully saturated rings. The van der Waals surface area contributed by atoms with E-state index < -0.39 is 5.60 Å². The van der Waals surface area contributed by atoms with E-state index in [2.05, 4.69) is 29.2 Å². The van der Waals surface area contributed by atoms with Crippen LogP contribution in [0.1, 0.15) is 27.0 Å². The zero-order valence-electron chi connectivity index (χ0n) is 23.8. The van der Waals surface area contributed by atoms with Crippen LogP contribution in [-0.2, 0) is 10.3 Å². The summed E-state index contributed by atoms with van der Waals surface area (Å²) in [5, 5.41) is 1.89. The summed E-state index contributed by atoms with van der Waals surface area (Å²) in [5.41, 5.74) is 3.38. The Bertz CT molecular complexity index is 1560. The smallest absolute Gasteiger partial charge is 0.254 e. The van der Waals surface area contributed by atoms with E-state index in [1.165, 1.54) is 0 Å². The molecule has 4 aromatic rings. The molecule has 7 nitrogen and oxygen atoms in total. The van der Waals surface area contributed by atoms with Gasteiger partial charge < -0.3 is 28.7 Å². The Morgan fingerprint density at radius 3 is 2.02 bits per heavy atom. The first kappa shape index (κ1) is 26.7. The van der Waals surface area contributed by atoms with Gasteiger partial charge in [0, 0.05) is 54.9 Å². The van der Waals surface area contributed by atoms with E-state index in [0.29, 0.717) is 37.6 Å². The van der Waals surface area contributed by atoms with Gasteiger partial charge in [-0.1, -0.05) is 30.3 Å². The fourth-order valence-electron chi connectivity index (χ4n) is 5.58. The highest BCUT2D eigenvalue weighted by atomic mass is 16.5. The maximum atomic E-state index is 13.9. The normalized spacial score (nSPS) is 15.7. The molecule has 2 aliphatic rings. The van der Waals surface area contributed by atoms with E-state index in [1.54, 1.807) is 14.2 Å². The number of hydrogen-bond acceptors (Lipinski definition) is 6. The summed E-state index contributed by atoms with van der Waals surface area (Å²) in [6.45, 7) is 2.21. The summed E-state index contributed by atoms with van der Waals surface area (Å²) in [6, 6.07) is 24.1. The van der Waals surface area contributed by atoms with Crippen molar-refractivity contribution in [2.75, 3.05) is 59.5 Å². The molecule has 0 N–H and O–H groups in total. The lowest BCUT2D eigenvalue weighted by Gasteiger charge is -2.37. The Morgan fingerprint density at radius 2 is 1.46 bits per heavy atom. The third kappa shape index (κ3) is 4.76. The fraction of sp³-hybridized carbons (Fsp3) is 0.265. The molecule has 0 spiro atoms. The first-order chi connectivity index (χ1) is 19.9. The molecule has 4 aromatic carbocycles. The van der Waals surface area contributed by atoms with Crippen LogP contribution in [0.2, 0.25) is 0 Å². The summed E-state index contributed by atoms with van der Waals surface area (Å²) in [5.74, 6) is 2.19. The van der Waals surface area contributed by atoms with Crippen molar-refractivity contribution in [3.63, 3.8) is 0 Å². The van der Waals surface area contributed by atoms with Crippen LogP contribution in [0, 0.1) is 0 Å². The number of carbonyl (C=O) groups is 1. The van der Waals surface area contributed by atoms with Gasteiger partial charge >= 0.3 is 0 Å². The standard InChI is InChI=1S/C34H34N2O5/c1-35(2)26-10-5-23-21-31(33(37)36-17-19-40-20-18-36)29-15-16-34(41-32(29)30(23)22-26,24-6-11-27(38-3)12-7-24)25-8-13-28(39-4)14-9-25/h5-16,21-22H,17-20H2,1-4H3. The summed E-state index contributed by atoms with van der Waals surface area (Å²) in [6.07, 6.45) is 4.10. The van der Waals surface area contributed by atoms with E-state index in [-0.39, 0.29) is 5.91 Å². The number of hydrogen-bond donors (Lipinski definition) is 0. The highest BCUT2D eigenvalue weighted by molar-refractivity contribution is 6.06. The van der Waals surface area contributed by atoms with Gasteiger partial charge in [-0.3, -0.25) is 4.79 Å². The molecule has 7 heteroatoms. The number of benzene rings is 4. The Morgan fingerprint density at radius 1 is 0.854 bits per heavy atom. The molecule has 2 aliphatic heterocycles. The average molecular weight is 551 g/mol. The second-order valence-electron chi connectivity index (χ2n) is 10.5. The number of amides is 1. The number of methoxy groups -OCH3 is 2. The molecule has 210 valence electrons. The first-order valence-electron chi connectivity index (χ1n) is 13.8. The van der Waals surface area contributed by atoms with E-state index in [0.717, 1.165) is 44.6 Å². The lowest BCUT2D eigenvalue weighted by Crippen LogP contribution is -2.41. The van der Waals surface area contributed by atoms with Crippen molar-refractivity contribution in [2.24, 2.45) is 0 Å². The number of nitrogens with zero attached hydrogens (tertiary/aromatic N) is 2. The van der Waals surface area contributed by atoms with Crippen LogP contribution in [0.25, 0.3) is 16.8 Å². The molecular formula is C34H34N2O5. The second-order valence-corrected chi connectivity index (χ2v) is 10.5. The van der Waals surface area contributed by atoms with Crippen LogP contribution in [-0.4, -0.2) is 65.4 Å². The predicted octanol–water partition coefficient (Wildman–Crippen LogP) is 5.74. The van der Waals surface area contributed by atoms with E-state index in [9.17, 15) is 4.79 Å². The summed E-state index contributed by atoms with van der Waals surface area (Å²) in [7, 11) is 7.35. The molecule has 0 atom stereocenters. The molecule has 0 saturated carbocycles. The van der Waals surface area contributed by atoms with Crippen molar-refractivity contribution in [3.8, 4) is 17.2 Å². The van der Waals surface area contributed by atoms with Crippen molar-refractivity contribution in [1.29, 1.82) is 0 Å². The molecule has 41 heavy (non-hydrogen) atoms. The molecule has 0 bridgehead atoms. The van der Waals surface area contributed by atoms with Crippen LogP contribution >= 0.6 is 0 Å². The number of rotatable bonds is 6. The van der Waals surface area contributed by atoms with Gasteiger partial charge in [-0.2, -0.15) is 0 Å². The Labute approximate surface area is 240 Å². The van der Waals surface area contributed by atoms with Crippen molar-refractivity contribution in [1.82, 2.24) is 4.90 Å². The summed E-state index contributed by atoms with van der Waals surface area (Å²) in [4.78, 5) is 17.8. The molecule has 1 saturated heterocycles. The van der Waals surface area contributed by atoms with Crippen molar-refractivity contribution in [3.05, 3.63) is 101 Å². The van der Waals surface area contributed by atoms with E-state index >= 15 is 0 Å². The maximum Gasteiger partial charge on any atom is 0.254 e. The molecule has 0 radical (unpaired) electrons. The molecule has 0 aromatic heterocycles. The number of morpholine rings is 1. The largest absolute Gasteiger partial charge is 0.497 e. The topological polar surface area (TPSA) is 60.5 Å². The Hall–Kier alpha value is -4.49. The maximum absolute atomic E-state index is 13.9. The molecule has 2 heterocycles. The quantitative estimate of drug-likeness (QED) is 0.305. The number of ether oxygens (including phenoxy) is 4. The molecule has 0 unspecified atom stereocenters. The number of anilines is 1. The van der Waals surface area contributed by atoms with Gasteiger partial charge in [-0.25, -0.2) is 0 Å². The van der Waals surface area contributed by atoms with E-state index in [4.69, 9.17) is 18.9 Å². The van der Waals surface area contributed by atoms with Crippen LogP contribution < -0.4 is 19.1 Å². The minimum Gasteiger partial charge on any atom is -0.497 e. The van der Waals surface area contributed by atoms with Gasteiger partial charge in [-0.15, -0.1) is 0 Å². The molecule has 1 amide bonds. The fourth-order valence-corrected chi connectivity index (χ4v) is 5.58. The predicted molar refractivity (Wildman–Crippen MR) is 161 cm³/mol. The monoisotopic (exact) mass is 550 g/mol. The van der Waals surface area contributed by atoms with Crippen molar-refractivity contribution < 1.29 is 23.7 Å². The zero-order valence-corrected chi connectivity index (χ0v) is 23.8. The minimum absolute atomic E-state index is 0.0159. The van der Waals surface area contributed by atoms with Gasteiger partial charge in [0.1, 0.15) is 17.2 Å². The number of carbonyl (C=O) groups excluding carboxylic acids is 1. The SMILES string of the molecule is COc1ccc(C2(c3ccc(OC)cc3)C=Cc3c(C(=O)N4CCOCC4)cc4ccc(N(C)C)cc4c3O2)cc1. The second kappa shape index (κ2) is 10.8. The molecule has 6 rings (SSSR count). The Balaban J connectivity index is 1.58. The van der Waals surface area contributed by atoms with Crippen molar-refractivity contribution in [2.45, 2.75) is 5.60 Å². The average Bonchev–Trinajstić information content (AvgIpc) is 3.04. The van der Waals surface area contributed by atoms with Crippen LogP contribution in [0.5, 0.6) is 17.2 Å². The van der Waals surface area contributed by atoms with Gasteiger partial charge in [0.15, 0.2) is 5.60 Å². The van der Waals surface area contributed by atoms with E-state index in [1.807, 2.05) is 79.7 Å². The lowest BCUT2D eigenvalue weighted by atomic mass is 9.82. The molecular weight excluding hydrogens is 516 g/mol. The first-order valence-corrected chi connectivity index (χ1v) is 13.8. The van der Waals surface area contributed by atoms with Gasteiger partial charge in [0.2, 0.25) is 0 Å². The van der Waals surface area contributed by atoms with Gasteiger partial charge in [0.05, 0.1) is 33.0 Å². The van der Waals surface area contributed by atoms with Crippen LogP contribution in [0.3, 0.4) is 0 Å². The van der Waals surface area contributed by atoms with Crippen LogP contribution in [0.4, 0.5) is 5.69 Å². The molecule has 0 aliphatic carbocycles. The van der Waals surface area contributed by atoms with Crippen LogP contribution in [0.15, 0.2) is 78.9 Å². The third-order valence-electron chi connectivity index (χ3n) is 7.95. The number of fused-ring (bicyclic) bond motifs is 3. The zero-order chi connectivity index (χ0) is 28.6. The summed E-state index contributed by atoms with van der Waals surface area (Å²) < 4.78 is 23.6. The lowest BCUT2D eigenvalue weighted by molar-refractivity contribution is 0.0302. The Kier molecular flexibility index (Phi) is 7.05. The van der Waals surface area contributed by atoms with Gasteiger partial charge in [0.25, 0.3) is 5.91 Å². The minimum atomic E-state index is -0.951. The summed E-state index contributed by atoms with van der Waals surface area (Å²) >= 11 is 0. The highest BCUT2D eigenvalue weighted by Crippen LogP contribution is 2.47. The van der Waals surface area contributed by atoms with Gasteiger partial charge in [-0.05, 0) is 60.0 Å². The third-order valence-corrected chi connectivity index (χ3v) is 7.95.